The molecule has 94 valence electrons. The van der Waals surface area contributed by atoms with E-state index in [4.69, 9.17) is 5.73 Å². The molecule has 1 aromatic heterocycles. The van der Waals surface area contributed by atoms with Crippen molar-refractivity contribution in [1.29, 1.82) is 0 Å². The third-order valence-electron chi connectivity index (χ3n) is 3.20. The van der Waals surface area contributed by atoms with Gasteiger partial charge in [0.1, 0.15) is 5.82 Å². The molecule has 2 heterocycles. The maximum absolute atomic E-state index is 12.1. The Morgan fingerprint density at radius 3 is 2.71 bits per heavy atom. The molecule has 1 aromatic rings. The molecule has 1 aliphatic rings. The van der Waals surface area contributed by atoms with Crippen molar-refractivity contribution in [1.82, 2.24) is 20.1 Å². The Bertz CT molecular complexity index is 404. The van der Waals surface area contributed by atoms with Crippen molar-refractivity contribution in [3.05, 3.63) is 11.6 Å². The fourth-order valence-corrected chi connectivity index (χ4v) is 1.93. The molecule has 1 fully saturated rings. The fourth-order valence-electron chi connectivity index (χ4n) is 1.93. The fraction of sp³-hybridized carbons (Fsp3) is 0.727. The molecule has 2 atom stereocenters. The minimum Gasteiger partial charge on any atom is -0.334 e. The van der Waals surface area contributed by atoms with Crippen LogP contribution in [-0.2, 0) is 0 Å². The lowest BCUT2D eigenvalue weighted by molar-refractivity contribution is 0.0775. The number of nitrogens with one attached hydrogen (secondary N) is 1. The summed E-state index contributed by atoms with van der Waals surface area (Å²) in [7, 11) is 0. The van der Waals surface area contributed by atoms with Crippen LogP contribution in [0.4, 0.5) is 0 Å². The van der Waals surface area contributed by atoms with Crippen LogP contribution >= 0.6 is 0 Å². The zero-order valence-electron chi connectivity index (χ0n) is 10.5. The summed E-state index contributed by atoms with van der Waals surface area (Å²) in [5, 5.41) is 6.76. The van der Waals surface area contributed by atoms with Gasteiger partial charge in [-0.15, -0.1) is 5.10 Å². The van der Waals surface area contributed by atoms with Gasteiger partial charge in [0.15, 0.2) is 0 Å². The first-order chi connectivity index (χ1) is 7.99. The van der Waals surface area contributed by atoms with Crippen molar-refractivity contribution >= 4 is 5.91 Å². The number of carbonyl (C=O) groups excluding carboxylic acids is 1. The van der Waals surface area contributed by atoms with E-state index in [1.165, 1.54) is 0 Å². The van der Waals surface area contributed by atoms with Crippen LogP contribution in [0, 0.1) is 5.92 Å². The normalized spacial score (nSPS) is 24.6. The predicted molar refractivity (Wildman–Crippen MR) is 63.5 cm³/mol. The van der Waals surface area contributed by atoms with Gasteiger partial charge in [0.25, 0.3) is 5.91 Å². The van der Waals surface area contributed by atoms with E-state index in [-0.39, 0.29) is 23.7 Å². The highest BCUT2D eigenvalue weighted by molar-refractivity contribution is 5.90. The largest absolute Gasteiger partial charge is 0.334 e. The van der Waals surface area contributed by atoms with Gasteiger partial charge >= 0.3 is 0 Å². The molecule has 1 aliphatic heterocycles. The molecule has 2 rings (SSSR count). The molecule has 0 saturated carbocycles. The number of hydrogen-bond acceptors (Lipinski definition) is 4. The van der Waals surface area contributed by atoms with Crippen LogP contribution in [0.15, 0.2) is 0 Å². The van der Waals surface area contributed by atoms with E-state index in [0.717, 1.165) is 5.82 Å². The summed E-state index contributed by atoms with van der Waals surface area (Å²) in [5.74, 6) is 1.43. The molecule has 3 N–H and O–H groups in total. The molecule has 0 bridgehead atoms. The van der Waals surface area contributed by atoms with Gasteiger partial charge in [-0.3, -0.25) is 9.89 Å². The lowest BCUT2D eigenvalue weighted by Crippen LogP contribution is -2.32. The van der Waals surface area contributed by atoms with Crippen LogP contribution in [-0.4, -0.2) is 45.1 Å². The Balaban J connectivity index is 2.09. The second-order valence-electron chi connectivity index (χ2n) is 5.05. The summed E-state index contributed by atoms with van der Waals surface area (Å²) in [4.78, 5) is 18.0. The quantitative estimate of drug-likeness (QED) is 0.776. The van der Waals surface area contributed by atoms with Gasteiger partial charge in [-0.2, -0.15) is 0 Å². The van der Waals surface area contributed by atoms with E-state index in [9.17, 15) is 4.79 Å². The second kappa shape index (κ2) is 4.44. The predicted octanol–water partition coefficient (Wildman–Crippen LogP) is 0.347. The molecule has 1 amide bonds. The number of aromatic amines is 1. The number of aromatic nitrogens is 3. The Morgan fingerprint density at radius 1 is 1.53 bits per heavy atom. The monoisotopic (exact) mass is 237 g/mol. The van der Waals surface area contributed by atoms with E-state index in [0.29, 0.717) is 19.0 Å². The Kier molecular flexibility index (Phi) is 3.15. The topological polar surface area (TPSA) is 87.9 Å². The Labute approximate surface area is 101 Å². The number of amides is 1. The molecular formula is C11H19N5O. The third kappa shape index (κ3) is 2.31. The maximum atomic E-state index is 12.1. The molecule has 1 saturated heterocycles. The first kappa shape index (κ1) is 12.0. The molecule has 0 radical (unpaired) electrons. The van der Waals surface area contributed by atoms with E-state index in [1.807, 2.05) is 13.8 Å². The second-order valence-corrected chi connectivity index (χ2v) is 5.05. The smallest absolute Gasteiger partial charge is 0.293 e. The number of rotatable bonds is 2. The number of nitrogens with two attached hydrogens (primary N) is 1. The summed E-state index contributed by atoms with van der Waals surface area (Å²) < 4.78 is 0. The standard InChI is InChI=1S/C11H19N5O/c1-6(2)9-13-10(15-14-9)11(17)16-4-7(3)8(12)5-16/h6-8H,4-5,12H2,1-3H3,(H,13,14,15). The van der Waals surface area contributed by atoms with Crippen LogP contribution in [0.25, 0.3) is 0 Å². The van der Waals surface area contributed by atoms with Gasteiger partial charge in [0.05, 0.1) is 0 Å². The van der Waals surface area contributed by atoms with Crippen LogP contribution in [0.3, 0.4) is 0 Å². The van der Waals surface area contributed by atoms with Crippen molar-refractivity contribution in [2.45, 2.75) is 32.7 Å². The summed E-state index contributed by atoms with van der Waals surface area (Å²) in [5.41, 5.74) is 5.90. The maximum Gasteiger partial charge on any atom is 0.293 e. The molecule has 0 aliphatic carbocycles. The highest BCUT2D eigenvalue weighted by Crippen LogP contribution is 2.16. The third-order valence-corrected chi connectivity index (χ3v) is 3.20. The first-order valence-corrected chi connectivity index (χ1v) is 5.96. The van der Waals surface area contributed by atoms with Crippen molar-refractivity contribution in [3.8, 4) is 0 Å². The molecule has 6 heteroatoms. The van der Waals surface area contributed by atoms with E-state index in [2.05, 4.69) is 22.1 Å². The molecular weight excluding hydrogens is 218 g/mol. The van der Waals surface area contributed by atoms with Gasteiger partial charge in [-0.1, -0.05) is 20.8 Å². The van der Waals surface area contributed by atoms with Gasteiger partial charge in [0, 0.05) is 25.0 Å². The average molecular weight is 237 g/mol. The number of hydrogen-bond donors (Lipinski definition) is 2. The van der Waals surface area contributed by atoms with E-state index in [1.54, 1.807) is 4.90 Å². The van der Waals surface area contributed by atoms with Crippen molar-refractivity contribution in [2.75, 3.05) is 13.1 Å². The zero-order chi connectivity index (χ0) is 12.6. The Morgan fingerprint density at radius 2 is 2.24 bits per heavy atom. The number of carbonyl (C=O) groups is 1. The average Bonchev–Trinajstić information content (AvgIpc) is 2.86. The minimum atomic E-state index is -0.132. The first-order valence-electron chi connectivity index (χ1n) is 5.96. The van der Waals surface area contributed by atoms with Crippen LogP contribution < -0.4 is 5.73 Å². The van der Waals surface area contributed by atoms with Crippen LogP contribution in [0.5, 0.6) is 0 Å². The van der Waals surface area contributed by atoms with Gasteiger partial charge in [-0.05, 0) is 5.92 Å². The van der Waals surface area contributed by atoms with Crippen LogP contribution in [0.2, 0.25) is 0 Å². The van der Waals surface area contributed by atoms with E-state index >= 15 is 0 Å². The summed E-state index contributed by atoms with van der Waals surface area (Å²) in [6.45, 7) is 7.33. The summed E-state index contributed by atoms with van der Waals surface area (Å²) in [6.07, 6.45) is 0. The summed E-state index contributed by atoms with van der Waals surface area (Å²) >= 11 is 0. The Hall–Kier alpha value is -1.43. The SMILES string of the molecule is CC(C)c1nc(C(=O)N2CC(C)C(N)C2)n[nH]1. The van der Waals surface area contributed by atoms with Crippen molar-refractivity contribution in [3.63, 3.8) is 0 Å². The zero-order valence-corrected chi connectivity index (χ0v) is 10.5. The lowest BCUT2D eigenvalue weighted by Gasteiger charge is -2.12. The summed E-state index contributed by atoms with van der Waals surface area (Å²) in [6, 6.07) is 0.0578. The molecule has 17 heavy (non-hydrogen) atoms. The van der Waals surface area contributed by atoms with E-state index < -0.39 is 0 Å². The lowest BCUT2D eigenvalue weighted by atomic mass is 10.1. The van der Waals surface area contributed by atoms with Crippen LogP contribution in [0.1, 0.15) is 43.1 Å². The molecule has 0 aromatic carbocycles. The molecule has 0 spiro atoms. The number of nitrogens with zero attached hydrogens (tertiary/aromatic N) is 3. The van der Waals surface area contributed by atoms with Crippen molar-refractivity contribution in [2.24, 2.45) is 11.7 Å². The highest BCUT2D eigenvalue weighted by atomic mass is 16.2. The van der Waals surface area contributed by atoms with Gasteiger partial charge in [0.2, 0.25) is 5.82 Å². The molecule has 2 unspecified atom stereocenters. The number of H-pyrrole nitrogens is 1. The van der Waals surface area contributed by atoms with Crippen molar-refractivity contribution < 1.29 is 4.79 Å². The highest BCUT2D eigenvalue weighted by Gasteiger charge is 2.32. The number of likely N-dealkylation sites (tertiary alicyclic amines) is 1. The minimum absolute atomic E-state index is 0.0578. The van der Waals surface area contributed by atoms with Gasteiger partial charge in [-0.25, -0.2) is 4.98 Å². The molecule has 6 nitrogen and oxygen atoms in total. The van der Waals surface area contributed by atoms with Gasteiger partial charge < -0.3 is 10.6 Å².